The van der Waals surface area contributed by atoms with Gasteiger partial charge in [-0.1, -0.05) is 6.07 Å². The molecule has 0 heterocycles. The zero-order chi connectivity index (χ0) is 12.1. The Morgan fingerprint density at radius 3 is 2.69 bits per heavy atom. The third-order valence-electron chi connectivity index (χ3n) is 2.23. The summed E-state index contributed by atoms with van der Waals surface area (Å²) in [6, 6.07) is 4.92. The molecule has 0 aliphatic rings. The van der Waals surface area contributed by atoms with E-state index < -0.39 is 6.10 Å². The fourth-order valence-electron chi connectivity index (χ4n) is 1.39. The quantitative estimate of drug-likeness (QED) is 0.804. The van der Waals surface area contributed by atoms with Crippen molar-refractivity contribution >= 4 is 11.8 Å². The van der Waals surface area contributed by atoms with Crippen molar-refractivity contribution in [2.45, 2.75) is 17.9 Å². The van der Waals surface area contributed by atoms with Crippen LogP contribution in [0.4, 0.5) is 4.39 Å². The second-order valence-electron chi connectivity index (χ2n) is 3.98. The predicted molar refractivity (Wildman–Crippen MR) is 66.3 cm³/mol. The molecule has 0 saturated carbocycles. The Morgan fingerprint density at radius 2 is 2.12 bits per heavy atom. The van der Waals surface area contributed by atoms with Crippen LogP contribution in [0.2, 0.25) is 0 Å². The lowest BCUT2D eigenvalue weighted by Gasteiger charge is -2.14. The lowest BCUT2D eigenvalue weighted by Crippen LogP contribution is -2.15. The van der Waals surface area contributed by atoms with Gasteiger partial charge < -0.3 is 10.0 Å². The number of halogens is 1. The fraction of sp³-hybridized carbons (Fsp3) is 0.500. The number of aliphatic hydroxyl groups excluding tert-OH is 1. The van der Waals surface area contributed by atoms with E-state index in [4.69, 9.17) is 0 Å². The van der Waals surface area contributed by atoms with Gasteiger partial charge in [0.1, 0.15) is 5.82 Å². The van der Waals surface area contributed by atoms with Gasteiger partial charge in [-0.2, -0.15) is 0 Å². The maximum Gasteiger partial charge on any atom is 0.130 e. The summed E-state index contributed by atoms with van der Waals surface area (Å²) in [5.74, 6) is 0.556. The summed E-state index contributed by atoms with van der Waals surface area (Å²) in [7, 11) is 4.00. The summed E-state index contributed by atoms with van der Waals surface area (Å²) < 4.78 is 13.5. The molecule has 0 spiro atoms. The highest BCUT2D eigenvalue weighted by Gasteiger charge is 2.13. The number of nitrogens with zero attached hydrogens (tertiary/aromatic N) is 1. The van der Waals surface area contributed by atoms with E-state index in [1.807, 2.05) is 20.2 Å². The minimum atomic E-state index is -0.761. The van der Waals surface area contributed by atoms with Crippen molar-refractivity contribution < 1.29 is 9.50 Å². The Morgan fingerprint density at radius 1 is 1.44 bits per heavy atom. The first-order chi connectivity index (χ1) is 7.52. The highest BCUT2D eigenvalue weighted by Crippen LogP contribution is 2.29. The van der Waals surface area contributed by atoms with Crippen LogP contribution >= 0.6 is 11.8 Å². The normalized spacial score (nSPS) is 13.1. The first-order valence-corrected chi connectivity index (χ1v) is 6.25. The van der Waals surface area contributed by atoms with Gasteiger partial charge in [0.25, 0.3) is 0 Å². The molecule has 2 nitrogen and oxygen atoms in total. The van der Waals surface area contributed by atoms with Crippen LogP contribution in [0.5, 0.6) is 0 Å². The molecule has 0 saturated heterocycles. The van der Waals surface area contributed by atoms with Crippen LogP contribution in [-0.2, 0) is 0 Å². The van der Waals surface area contributed by atoms with E-state index in [-0.39, 0.29) is 5.82 Å². The Labute approximate surface area is 100 Å². The Balaban J connectivity index is 2.75. The minimum Gasteiger partial charge on any atom is -0.389 e. The zero-order valence-corrected chi connectivity index (χ0v) is 10.7. The second-order valence-corrected chi connectivity index (χ2v) is 5.12. The summed E-state index contributed by atoms with van der Waals surface area (Å²) in [4.78, 5) is 2.91. The molecular weight excluding hydrogens is 225 g/mol. The van der Waals surface area contributed by atoms with Crippen molar-refractivity contribution in [1.29, 1.82) is 0 Å². The van der Waals surface area contributed by atoms with Crippen molar-refractivity contribution in [1.82, 2.24) is 4.90 Å². The van der Waals surface area contributed by atoms with E-state index in [2.05, 4.69) is 4.90 Å². The molecule has 1 N–H and O–H groups in total. The lowest BCUT2D eigenvalue weighted by molar-refractivity contribution is 0.191. The topological polar surface area (TPSA) is 23.5 Å². The molecule has 0 aliphatic carbocycles. The van der Waals surface area contributed by atoms with Crippen molar-refractivity contribution in [3.8, 4) is 0 Å². The van der Waals surface area contributed by atoms with Gasteiger partial charge in [-0.15, -0.1) is 11.8 Å². The van der Waals surface area contributed by atoms with Gasteiger partial charge in [-0.25, -0.2) is 4.39 Å². The van der Waals surface area contributed by atoms with Crippen LogP contribution < -0.4 is 0 Å². The Bertz CT molecular complexity index is 342. The number of hydrogen-bond donors (Lipinski definition) is 1. The van der Waals surface area contributed by atoms with Crippen molar-refractivity contribution in [2.75, 3.05) is 26.4 Å². The Kier molecular flexibility index (Phi) is 5.25. The van der Waals surface area contributed by atoms with E-state index in [0.29, 0.717) is 5.56 Å². The molecule has 0 aliphatic heterocycles. The molecule has 1 rings (SSSR count). The van der Waals surface area contributed by atoms with Crippen LogP contribution in [-0.4, -0.2) is 36.4 Å². The van der Waals surface area contributed by atoms with Crippen molar-refractivity contribution in [2.24, 2.45) is 0 Å². The SMILES string of the molecule is CC(O)c1c(F)cccc1SCCN(C)C. The van der Waals surface area contributed by atoms with Crippen molar-refractivity contribution in [3.05, 3.63) is 29.6 Å². The zero-order valence-electron chi connectivity index (χ0n) is 9.90. The van der Waals surface area contributed by atoms with Crippen LogP contribution in [0.15, 0.2) is 23.1 Å². The molecule has 1 aromatic carbocycles. The van der Waals surface area contributed by atoms with Crippen LogP contribution in [0.3, 0.4) is 0 Å². The average Bonchev–Trinajstić information content (AvgIpc) is 2.16. The lowest BCUT2D eigenvalue weighted by atomic mass is 10.1. The summed E-state index contributed by atoms with van der Waals surface area (Å²) >= 11 is 1.58. The minimum absolute atomic E-state index is 0.329. The first kappa shape index (κ1) is 13.5. The maximum absolute atomic E-state index is 13.5. The van der Waals surface area contributed by atoms with Gasteiger partial charge in [0, 0.05) is 22.8 Å². The number of rotatable bonds is 5. The number of aliphatic hydroxyl groups is 1. The third-order valence-corrected chi connectivity index (χ3v) is 3.28. The summed E-state index contributed by atoms with van der Waals surface area (Å²) in [5.41, 5.74) is 0.409. The molecule has 0 fully saturated rings. The molecule has 4 heteroatoms. The monoisotopic (exact) mass is 243 g/mol. The van der Waals surface area contributed by atoms with E-state index >= 15 is 0 Å². The van der Waals surface area contributed by atoms with Gasteiger partial charge in [-0.3, -0.25) is 0 Å². The number of hydrogen-bond acceptors (Lipinski definition) is 3. The van der Waals surface area contributed by atoms with Gasteiger partial charge in [0.05, 0.1) is 6.10 Å². The first-order valence-electron chi connectivity index (χ1n) is 5.26. The van der Waals surface area contributed by atoms with Crippen molar-refractivity contribution in [3.63, 3.8) is 0 Å². The highest BCUT2D eigenvalue weighted by atomic mass is 32.2. The molecular formula is C12H18FNOS. The predicted octanol–water partition coefficient (Wildman–Crippen LogP) is 2.53. The molecule has 0 bridgehead atoms. The van der Waals surface area contributed by atoms with E-state index in [1.54, 1.807) is 24.8 Å². The average molecular weight is 243 g/mol. The maximum atomic E-state index is 13.5. The molecule has 0 radical (unpaired) electrons. The standard InChI is InChI=1S/C12H18FNOS/c1-9(15)12-10(13)5-4-6-11(12)16-8-7-14(2)3/h4-6,9,15H,7-8H2,1-3H3. The molecule has 0 aromatic heterocycles. The van der Waals surface area contributed by atoms with Crippen LogP contribution in [0.25, 0.3) is 0 Å². The summed E-state index contributed by atoms with van der Waals surface area (Å²) in [6.45, 7) is 2.52. The molecule has 0 amide bonds. The van der Waals surface area contributed by atoms with Gasteiger partial charge in [0.2, 0.25) is 0 Å². The third kappa shape index (κ3) is 3.77. The molecule has 90 valence electrons. The van der Waals surface area contributed by atoms with E-state index in [9.17, 15) is 9.50 Å². The summed E-state index contributed by atoms with van der Waals surface area (Å²) in [5, 5.41) is 9.53. The fourth-order valence-corrected chi connectivity index (χ4v) is 2.66. The highest BCUT2D eigenvalue weighted by molar-refractivity contribution is 7.99. The van der Waals surface area contributed by atoms with Crippen LogP contribution in [0, 0.1) is 5.82 Å². The molecule has 1 unspecified atom stereocenters. The van der Waals surface area contributed by atoms with Gasteiger partial charge in [-0.05, 0) is 33.2 Å². The largest absolute Gasteiger partial charge is 0.389 e. The number of benzene rings is 1. The van der Waals surface area contributed by atoms with E-state index in [0.717, 1.165) is 17.2 Å². The molecule has 16 heavy (non-hydrogen) atoms. The Hall–Kier alpha value is -0.580. The summed E-state index contributed by atoms with van der Waals surface area (Å²) in [6.07, 6.45) is -0.761. The second kappa shape index (κ2) is 6.23. The smallest absolute Gasteiger partial charge is 0.130 e. The molecule has 1 atom stereocenters. The van der Waals surface area contributed by atoms with Crippen LogP contribution in [0.1, 0.15) is 18.6 Å². The molecule has 1 aromatic rings. The van der Waals surface area contributed by atoms with Gasteiger partial charge in [0.15, 0.2) is 0 Å². The van der Waals surface area contributed by atoms with Gasteiger partial charge >= 0.3 is 0 Å². The van der Waals surface area contributed by atoms with E-state index in [1.165, 1.54) is 6.07 Å². The number of thioether (sulfide) groups is 1.